The number of nitrogens with one attached hydrogen (secondary N) is 1. The van der Waals surface area contributed by atoms with E-state index < -0.39 is 0 Å². The van der Waals surface area contributed by atoms with Crippen LogP contribution in [0.4, 0.5) is 4.39 Å². The lowest BCUT2D eigenvalue weighted by atomic mass is 10.1. The molecule has 0 aliphatic rings. The summed E-state index contributed by atoms with van der Waals surface area (Å²) in [6, 6.07) is 5.90. The van der Waals surface area contributed by atoms with Gasteiger partial charge in [0.05, 0.1) is 13.0 Å². The summed E-state index contributed by atoms with van der Waals surface area (Å²) in [6.07, 6.45) is 1.58. The molecule has 0 fully saturated rings. The number of carbonyl (C=O) groups excluding carboxylic acids is 2. The van der Waals surface area contributed by atoms with E-state index in [0.29, 0.717) is 50.0 Å². The van der Waals surface area contributed by atoms with Gasteiger partial charge in [0.2, 0.25) is 5.91 Å². The average molecular weight is 438 g/mol. The minimum absolute atomic E-state index is 0.0847. The molecule has 0 saturated carbocycles. The summed E-state index contributed by atoms with van der Waals surface area (Å²) < 4.78 is 23.2. The van der Waals surface area contributed by atoms with Crippen molar-refractivity contribution >= 4 is 23.2 Å². The summed E-state index contributed by atoms with van der Waals surface area (Å²) >= 11 is 1.34. The monoisotopic (exact) mass is 437 g/mol. The van der Waals surface area contributed by atoms with Crippen molar-refractivity contribution in [3.63, 3.8) is 0 Å². The highest BCUT2D eigenvalue weighted by atomic mass is 32.1. The number of methoxy groups -OCH3 is 2. The zero-order valence-electron chi connectivity index (χ0n) is 17.4. The molecular weight excluding hydrogens is 409 g/mol. The Kier molecular flexibility index (Phi) is 10.4. The van der Waals surface area contributed by atoms with Crippen LogP contribution in [0.15, 0.2) is 29.6 Å². The van der Waals surface area contributed by atoms with Gasteiger partial charge in [0.25, 0.3) is 5.91 Å². The molecule has 1 aromatic heterocycles. The Labute approximate surface area is 180 Å². The molecule has 1 aromatic carbocycles. The highest BCUT2D eigenvalue weighted by Gasteiger charge is 2.18. The van der Waals surface area contributed by atoms with Crippen LogP contribution in [0.5, 0.6) is 0 Å². The van der Waals surface area contributed by atoms with Gasteiger partial charge in [-0.2, -0.15) is 0 Å². The van der Waals surface area contributed by atoms with E-state index in [4.69, 9.17) is 9.47 Å². The molecule has 9 heteroatoms. The lowest BCUT2D eigenvalue weighted by Crippen LogP contribution is -2.33. The molecule has 164 valence electrons. The van der Waals surface area contributed by atoms with Crippen LogP contribution in [-0.2, 0) is 27.2 Å². The predicted octanol–water partition coefficient (Wildman–Crippen LogP) is 2.66. The summed E-state index contributed by atoms with van der Waals surface area (Å²) in [6.45, 7) is 2.44. The molecule has 2 aromatic rings. The fourth-order valence-electron chi connectivity index (χ4n) is 2.74. The topological polar surface area (TPSA) is 80.8 Å². The summed E-state index contributed by atoms with van der Waals surface area (Å²) in [7, 11) is 3.23. The number of nitrogens with zero attached hydrogens (tertiary/aromatic N) is 2. The molecule has 0 unspecified atom stereocenters. The molecule has 0 aliphatic carbocycles. The quantitative estimate of drug-likeness (QED) is 0.488. The minimum atomic E-state index is -0.334. The molecule has 0 radical (unpaired) electrons. The molecular formula is C21H28FN3O4S. The van der Waals surface area contributed by atoms with Gasteiger partial charge in [-0.15, -0.1) is 11.3 Å². The van der Waals surface area contributed by atoms with Crippen LogP contribution >= 0.6 is 11.3 Å². The third-order valence-corrected chi connectivity index (χ3v) is 5.15. The Morgan fingerprint density at radius 3 is 2.53 bits per heavy atom. The third kappa shape index (κ3) is 8.17. The van der Waals surface area contributed by atoms with Crippen molar-refractivity contribution in [3.05, 3.63) is 51.7 Å². The highest BCUT2D eigenvalue weighted by molar-refractivity contribution is 7.09. The first-order chi connectivity index (χ1) is 14.5. The van der Waals surface area contributed by atoms with E-state index in [-0.39, 0.29) is 24.1 Å². The number of aromatic nitrogens is 1. The second-order valence-corrected chi connectivity index (χ2v) is 7.64. The summed E-state index contributed by atoms with van der Waals surface area (Å²) in [5.41, 5.74) is 1.09. The smallest absolute Gasteiger partial charge is 0.270 e. The van der Waals surface area contributed by atoms with Crippen molar-refractivity contribution in [2.45, 2.75) is 25.8 Å². The molecule has 7 nitrogen and oxygen atoms in total. The predicted molar refractivity (Wildman–Crippen MR) is 113 cm³/mol. The molecule has 0 bridgehead atoms. The first-order valence-corrected chi connectivity index (χ1v) is 10.6. The third-order valence-electron chi connectivity index (χ3n) is 4.32. The minimum Gasteiger partial charge on any atom is -0.385 e. The van der Waals surface area contributed by atoms with E-state index in [1.54, 1.807) is 36.6 Å². The molecule has 0 spiro atoms. The molecule has 0 atom stereocenters. The largest absolute Gasteiger partial charge is 0.385 e. The Bertz CT molecular complexity index is 798. The van der Waals surface area contributed by atoms with Gasteiger partial charge in [0.1, 0.15) is 16.5 Å². The number of ether oxygens (including phenoxy) is 2. The Morgan fingerprint density at radius 1 is 1.13 bits per heavy atom. The van der Waals surface area contributed by atoms with Crippen LogP contribution < -0.4 is 5.32 Å². The zero-order valence-corrected chi connectivity index (χ0v) is 18.2. The van der Waals surface area contributed by atoms with Gasteiger partial charge >= 0.3 is 0 Å². The van der Waals surface area contributed by atoms with Gasteiger partial charge in [-0.3, -0.25) is 9.59 Å². The summed E-state index contributed by atoms with van der Waals surface area (Å²) in [5, 5.41) is 5.18. The van der Waals surface area contributed by atoms with E-state index in [9.17, 15) is 14.0 Å². The average Bonchev–Trinajstić information content (AvgIpc) is 3.21. The van der Waals surface area contributed by atoms with Crippen LogP contribution in [0.25, 0.3) is 0 Å². The van der Waals surface area contributed by atoms with E-state index in [1.807, 2.05) is 0 Å². The van der Waals surface area contributed by atoms with Gasteiger partial charge in [0.15, 0.2) is 0 Å². The van der Waals surface area contributed by atoms with E-state index in [1.165, 1.54) is 23.5 Å². The van der Waals surface area contributed by atoms with Gasteiger partial charge in [-0.25, -0.2) is 9.37 Å². The highest BCUT2D eigenvalue weighted by Crippen LogP contribution is 2.15. The zero-order chi connectivity index (χ0) is 21.8. The number of hydrogen-bond donors (Lipinski definition) is 1. The SMILES string of the molecule is COCCCNC(=O)c1csc(CN(CCCOC)C(=O)Cc2ccc(F)cc2)n1. The number of hydrogen-bond acceptors (Lipinski definition) is 6. The molecule has 2 amide bonds. The maximum absolute atomic E-state index is 13.1. The number of rotatable bonds is 13. The molecule has 0 aliphatic heterocycles. The van der Waals surface area contributed by atoms with E-state index in [0.717, 1.165) is 12.0 Å². The van der Waals surface area contributed by atoms with Crippen LogP contribution in [0.1, 0.15) is 33.9 Å². The van der Waals surface area contributed by atoms with Crippen molar-refractivity contribution in [1.82, 2.24) is 15.2 Å². The molecule has 0 saturated heterocycles. The normalized spacial score (nSPS) is 10.8. The maximum Gasteiger partial charge on any atom is 0.270 e. The number of halogens is 1. The van der Waals surface area contributed by atoms with Crippen molar-refractivity contribution in [1.29, 1.82) is 0 Å². The van der Waals surface area contributed by atoms with E-state index >= 15 is 0 Å². The number of benzene rings is 1. The lowest BCUT2D eigenvalue weighted by molar-refractivity contribution is -0.131. The van der Waals surface area contributed by atoms with Crippen LogP contribution in [-0.4, -0.2) is 62.2 Å². The Balaban J connectivity index is 1.98. The number of carbonyl (C=O) groups is 2. The second-order valence-electron chi connectivity index (χ2n) is 6.69. The van der Waals surface area contributed by atoms with Crippen molar-refractivity contribution < 1.29 is 23.5 Å². The summed E-state index contributed by atoms with van der Waals surface area (Å²) in [4.78, 5) is 31.1. The van der Waals surface area contributed by atoms with Crippen molar-refractivity contribution in [3.8, 4) is 0 Å². The van der Waals surface area contributed by atoms with Crippen molar-refractivity contribution in [2.24, 2.45) is 0 Å². The fourth-order valence-corrected chi connectivity index (χ4v) is 3.53. The maximum atomic E-state index is 13.1. The first-order valence-electron chi connectivity index (χ1n) is 9.76. The van der Waals surface area contributed by atoms with E-state index in [2.05, 4.69) is 10.3 Å². The van der Waals surface area contributed by atoms with Crippen molar-refractivity contribution in [2.75, 3.05) is 40.5 Å². The standard InChI is InChI=1S/C21H28FN3O4S/c1-28-11-3-9-23-21(27)18-15-30-19(24-18)14-25(10-4-12-29-2)20(26)13-16-5-7-17(22)8-6-16/h5-8,15H,3-4,9-14H2,1-2H3,(H,23,27). The van der Waals surface area contributed by atoms with Crippen LogP contribution in [0.3, 0.4) is 0 Å². The van der Waals surface area contributed by atoms with Gasteiger partial charge < -0.3 is 19.7 Å². The van der Waals surface area contributed by atoms with Gasteiger partial charge in [0, 0.05) is 45.9 Å². The van der Waals surface area contributed by atoms with Crippen LogP contribution in [0, 0.1) is 5.82 Å². The Hall–Kier alpha value is -2.36. The van der Waals surface area contributed by atoms with Gasteiger partial charge in [-0.05, 0) is 30.5 Å². The fraction of sp³-hybridized carbons (Fsp3) is 0.476. The molecule has 2 rings (SSSR count). The Morgan fingerprint density at radius 2 is 1.83 bits per heavy atom. The van der Waals surface area contributed by atoms with Crippen LogP contribution in [0.2, 0.25) is 0 Å². The molecule has 1 heterocycles. The number of amides is 2. The molecule has 30 heavy (non-hydrogen) atoms. The lowest BCUT2D eigenvalue weighted by Gasteiger charge is -2.21. The molecule has 1 N–H and O–H groups in total. The second kappa shape index (κ2) is 13.0. The number of thiazole rings is 1. The summed E-state index contributed by atoms with van der Waals surface area (Å²) in [5.74, 6) is -0.658. The van der Waals surface area contributed by atoms with Gasteiger partial charge in [-0.1, -0.05) is 12.1 Å². The first kappa shape index (κ1) is 23.9.